The summed E-state index contributed by atoms with van der Waals surface area (Å²) in [6.07, 6.45) is 3.00. The van der Waals surface area contributed by atoms with Crippen LogP contribution in [0.3, 0.4) is 0 Å². The Bertz CT molecular complexity index is 357. The second-order valence-corrected chi connectivity index (χ2v) is 4.98. The number of nitrogens with zero attached hydrogens (tertiary/aromatic N) is 2. The van der Waals surface area contributed by atoms with E-state index in [1.807, 2.05) is 0 Å². The summed E-state index contributed by atoms with van der Waals surface area (Å²) in [5, 5.41) is 8.84. The van der Waals surface area contributed by atoms with Crippen molar-refractivity contribution in [3.05, 3.63) is 6.42 Å². The summed E-state index contributed by atoms with van der Waals surface area (Å²) < 4.78 is 0. The minimum absolute atomic E-state index is 0.0993. The molecule has 0 unspecified atom stereocenters. The molecule has 2 N–H and O–H groups in total. The summed E-state index contributed by atoms with van der Waals surface area (Å²) in [5.74, 6) is -0.841. The first-order chi connectivity index (χ1) is 7.86. The number of carbonyl (C=O) groups excluding carboxylic acids is 2. The molecule has 5 nitrogen and oxygen atoms in total. The number of carbonyl (C=O) groups is 2. The van der Waals surface area contributed by atoms with Crippen LogP contribution in [0.5, 0.6) is 0 Å². The zero-order valence-corrected chi connectivity index (χ0v) is 10.3. The van der Waals surface area contributed by atoms with E-state index in [-0.39, 0.29) is 11.8 Å². The van der Waals surface area contributed by atoms with Crippen LogP contribution in [0.2, 0.25) is 0 Å². The van der Waals surface area contributed by atoms with Crippen molar-refractivity contribution in [1.82, 2.24) is 4.90 Å². The molecule has 2 amide bonds. The topological polar surface area (TPSA) is 87.2 Å². The number of likely N-dealkylation sites (tertiary alicyclic amines) is 1. The standard InChI is InChI=1S/C12H18N3O2/c1-12(2,11(14)17)6-10(16)15-5-3-4-9(7-13)8-15/h6,9H,3-5,8H2,1-2H3,(H2,14,17)/t9-/m1/s1. The maximum Gasteiger partial charge on any atom is 0.227 e. The Kier molecular flexibility index (Phi) is 4.11. The van der Waals surface area contributed by atoms with Gasteiger partial charge in [-0.15, -0.1) is 0 Å². The SMILES string of the molecule is CC(C)([CH]C(=O)N1CCC[C@H](C#N)C1)C(N)=O. The fraction of sp³-hybridized carbons (Fsp3) is 0.667. The molecule has 1 rings (SSSR count). The molecule has 0 aromatic rings. The fourth-order valence-electron chi connectivity index (χ4n) is 1.75. The maximum atomic E-state index is 11.9. The van der Waals surface area contributed by atoms with E-state index in [4.69, 9.17) is 11.0 Å². The number of hydrogen-bond acceptors (Lipinski definition) is 3. The Hall–Kier alpha value is -1.57. The molecule has 1 radical (unpaired) electrons. The van der Waals surface area contributed by atoms with Gasteiger partial charge in [-0.3, -0.25) is 9.59 Å². The van der Waals surface area contributed by atoms with Gasteiger partial charge in [0.05, 0.1) is 23.8 Å². The molecule has 1 aliphatic rings. The number of hydrogen-bond donors (Lipinski definition) is 1. The number of rotatable bonds is 3. The first kappa shape index (κ1) is 13.5. The summed E-state index contributed by atoms with van der Waals surface area (Å²) in [6, 6.07) is 2.17. The minimum atomic E-state index is -0.948. The van der Waals surface area contributed by atoms with Gasteiger partial charge >= 0.3 is 0 Å². The molecule has 0 aromatic heterocycles. The van der Waals surface area contributed by atoms with Crippen LogP contribution in [0, 0.1) is 29.1 Å². The molecular weight excluding hydrogens is 218 g/mol. The predicted octanol–water partition coefficient (Wildman–Crippen LogP) is 0.464. The molecule has 17 heavy (non-hydrogen) atoms. The lowest BCUT2D eigenvalue weighted by atomic mass is 9.87. The van der Waals surface area contributed by atoms with Gasteiger partial charge in [0, 0.05) is 13.1 Å². The van der Waals surface area contributed by atoms with E-state index >= 15 is 0 Å². The summed E-state index contributed by atoms with van der Waals surface area (Å²) in [5.41, 5.74) is 4.26. The Labute approximate surface area is 102 Å². The third kappa shape index (κ3) is 3.45. The van der Waals surface area contributed by atoms with Crippen molar-refractivity contribution < 1.29 is 9.59 Å². The van der Waals surface area contributed by atoms with E-state index in [2.05, 4.69) is 6.07 Å². The van der Waals surface area contributed by atoms with Gasteiger partial charge in [-0.25, -0.2) is 0 Å². The van der Waals surface area contributed by atoms with Gasteiger partial charge in [0.1, 0.15) is 0 Å². The molecule has 1 saturated heterocycles. The maximum absolute atomic E-state index is 11.9. The van der Waals surface area contributed by atoms with Crippen molar-refractivity contribution in [3.63, 3.8) is 0 Å². The lowest BCUT2D eigenvalue weighted by Crippen LogP contribution is -2.44. The Morgan fingerprint density at radius 1 is 1.53 bits per heavy atom. The van der Waals surface area contributed by atoms with E-state index in [9.17, 15) is 9.59 Å². The third-order valence-electron chi connectivity index (χ3n) is 3.04. The normalized spacial score (nSPS) is 20.8. The van der Waals surface area contributed by atoms with Gasteiger partial charge in [-0.1, -0.05) is 13.8 Å². The van der Waals surface area contributed by atoms with Gasteiger partial charge in [0.15, 0.2) is 0 Å². The molecule has 0 saturated carbocycles. The average molecular weight is 236 g/mol. The molecule has 0 bridgehead atoms. The van der Waals surface area contributed by atoms with E-state index < -0.39 is 11.3 Å². The van der Waals surface area contributed by atoms with Crippen molar-refractivity contribution in [2.45, 2.75) is 26.7 Å². The number of primary amides is 1. The lowest BCUT2D eigenvalue weighted by molar-refractivity contribution is -0.134. The van der Waals surface area contributed by atoms with Gasteiger partial charge in [0.2, 0.25) is 11.8 Å². The second kappa shape index (κ2) is 5.17. The Morgan fingerprint density at radius 2 is 2.18 bits per heavy atom. The van der Waals surface area contributed by atoms with Crippen LogP contribution in [-0.4, -0.2) is 29.8 Å². The van der Waals surface area contributed by atoms with E-state index in [0.717, 1.165) is 12.8 Å². The van der Waals surface area contributed by atoms with Gasteiger partial charge in [-0.05, 0) is 12.8 Å². The van der Waals surface area contributed by atoms with Crippen molar-refractivity contribution in [1.29, 1.82) is 5.26 Å². The van der Waals surface area contributed by atoms with Gasteiger partial charge in [0.25, 0.3) is 0 Å². The molecule has 1 aliphatic heterocycles. The van der Waals surface area contributed by atoms with Crippen LogP contribution < -0.4 is 5.73 Å². The van der Waals surface area contributed by atoms with Crippen molar-refractivity contribution >= 4 is 11.8 Å². The molecule has 5 heteroatoms. The van der Waals surface area contributed by atoms with Crippen LogP contribution >= 0.6 is 0 Å². The summed E-state index contributed by atoms with van der Waals surface area (Å²) in [6.45, 7) is 4.31. The highest BCUT2D eigenvalue weighted by Crippen LogP contribution is 2.22. The Morgan fingerprint density at radius 3 is 2.71 bits per heavy atom. The molecular formula is C12H18N3O2. The first-order valence-electron chi connectivity index (χ1n) is 5.71. The number of nitrogens with two attached hydrogens (primary N) is 1. The van der Waals surface area contributed by atoms with Crippen molar-refractivity contribution in [3.8, 4) is 6.07 Å². The highest BCUT2D eigenvalue weighted by atomic mass is 16.2. The monoisotopic (exact) mass is 236 g/mol. The number of piperidine rings is 1. The van der Waals surface area contributed by atoms with Crippen molar-refractivity contribution in [2.75, 3.05) is 13.1 Å². The first-order valence-corrected chi connectivity index (χ1v) is 5.71. The number of nitriles is 1. The van der Waals surface area contributed by atoms with Gasteiger partial charge < -0.3 is 10.6 Å². The van der Waals surface area contributed by atoms with E-state index in [1.54, 1.807) is 18.7 Å². The molecule has 1 heterocycles. The van der Waals surface area contributed by atoms with Crippen LogP contribution in [0.25, 0.3) is 0 Å². The van der Waals surface area contributed by atoms with Crippen LogP contribution in [0.4, 0.5) is 0 Å². The molecule has 1 fully saturated rings. The Balaban J connectivity index is 2.59. The minimum Gasteiger partial charge on any atom is -0.369 e. The summed E-state index contributed by atoms with van der Waals surface area (Å²) in [4.78, 5) is 24.7. The average Bonchev–Trinajstić information content (AvgIpc) is 2.28. The molecule has 1 atom stereocenters. The number of amides is 2. The molecule has 0 spiro atoms. The van der Waals surface area contributed by atoms with Crippen LogP contribution in [-0.2, 0) is 9.59 Å². The van der Waals surface area contributed by atoms with E-state index in [0.29, 0.717) is 13.1 Å². The van der Waals surface area contributed by atoms with Crippen molar-refractivity contribution in [2.24, 2.45) is 17.1 Å². The second-order valence-electron chi connectivity index (χ2n) is 4.98. The van der Waals surface area contributed by atoms with Gasteiger partial charge in [-0.2, -0.15) is 5.26 Å². The van der Waals surface area contributed by atoms with E-state index in [1.165, 1.54) is 6.42 Å². The molecule has 0 aromatic carbocycles. The summed E-state index contributed by atoms with van der Waals surface area (Å²) in [7, 11) is 0. The lowest BCUT2D eigenvalue weighted by Gasteiger charge is -2.31. The molecule has 0 aliphatic carbocycles. The summed E-state index contributed by atoms with van der Waals surface area (Å²) >= 11 is 0. The third-order valence-corrected chi connectivity index (χ3v) is 3.04. The zero-order valence-electron chi connectivity index (χ0n) is 10.3. The predicted molar refractivity (Wildman–Crippen MR) is 62.2 cm³/mol. The highest BCUT2D eigenvalue weighted by Gasteiger charge is 2.32. The highest BCUT2D eigenvalue weighted by molar-refractivity contribution is 5.94. The zero-order chi connectivity index (χ0) is 13.1. The smallest absolute Gasteiger partial charge is 0.227 e. The quantitative estimate of drug-likeness (QED) is 0.772. The van der Waals surface area contributed by atoms with Crippen LogP contribution in [0.1, 0.15) is 26.7 Å². The largest absolute Gasteiger partial charge is 0.369 e. The fourth-order valence-corrected chi connectivity index (χ4v) is 1.75. The van der Waals surface area contributed by atoms with Crippen LogP contribution in [0.15, 0.2) is 0 Å². The molecule has 93 valence electrons.